The molecular weight excluding hydrogens is 246 g/mol. The summed E-state index contributed by atoms with van der Waals surface area (Å²) in [4.78, 5) is 22.2. The van der Waals surface area contributed by atoms with Gasteiger partial charge in [0, 0.05) is 23.1 Å². The summed E-state index contributed by atoms with van der Waals surface area (Å²) in [7, 11) is 0. The number of benzene rings is 1. The van der Waals surface area contributed by atoms with Gasteiger partial charge in [-0.2, -0.15) is 0 Å². The zero-order chi connectivity index (χ0) is 13.9. The Morgan fingerprint density at radius 1 is 1.33 bits per heavy atom. The van der Waals surface area contributed by atoms with Crippen LogP contribution in [0, 0.1) is 0 Å². The number of halogens is 2. The fraction of sp³-hybridized carbons (Fsp3) is 0.333. The maximum Gasteiger partial charge on any atom is 0.337 e. The zero-order valence-electron chi connectivity index (χ0n) is 9.56. The Balaban J connectivity index is 3.44. The molecule has 6 heteroatoms. The molecule has 1 unspecified atom stereocenters. The molecule has 1 aromatic carbocycles. The summed E-state index contributed by atoms with van der Waals surface area (Å²) >= 11 is 0. The van der Waals surface area contributed by atoms with Crippen LogP contribution in [0.2, 0.25) is 0 Å². The van der Waals surface area contributed by atoms with Crippen LogP contribution < -0.4 is 0 Å². The van der Waals surface area contributed by atoms with Gasteiger partial charge in [0.2, 0.25) is 0 Å². The lowest BCUT2D eigenvalue weighted by atomic mass is 9.94. The fourth-order valence-corrected chi connectivity index (χ4v) is 1.63. The van der Waals surface area contributed by atoms with E-state index in [9.17, 15) is 23.5 Å². The predicted octanol–water partition coefficient (Wildman–Crippen LogP) is 2.33. The molecule has 0 bridgehead atoms. The van der Waals surface area contributed by atoms with E-state index in [0.29, 0.717) is 0 Å². The van der Waals surface area contributed by atoms with E-state index in [-0.39, 0.29) is 12.0 Å². The number of aliphatic hydroxyl groups excluding tert-OH is 1. The third-order valence-corrected chi connectivity index (χ3v) is 2.51. The molecule has 98 valence electrons. The SMILES string of the molecule is CCC(=O)c1cccc(C(O)C(=O)O)c1C(F)F. The lowest BCUT2D eigenvalue weighted by Gasteiger charge is -2.15. The highest BCUT2D eigenvalue weighted by Gasteiger charge is 2.27. The van der Waals surface area contributed by atoms with Gasteiger partial charge in [0.1, 0.15) is 0 Å². The quantitative estimate of drug-likeness (QED) is 0.795. The highest BCUT2D eigenvalue weighted by atomic mass is 19.3. The van der Waals surface area contributed by atoms with E-state index in [1.807, 2.05) is 0 Å². The standard InChI is InChI=1S/C12H12F2O4/c1-2-8(15)6-4-3-5-7(9(6)11(13)14)10(16)12(17)18/h3-5,10-11,16H,2H2,1H3,(H,17,18). The molecule has 0 radical (unpaired) electrons. The largest absolute Gasteiger partial charge is 0.479 e. The molecule has 0 aliphatic heterocycles. The molecule has 1 aromatic rings. The van der Waals surface area contributed by atoms with Crippen molar-refractivity contribution in [2.45, 2.75) is 25.9 Å². The first kappa shape index (κ1) is 14.2. The van der Waals surface area contributed by atoms with Crippen molar-refractivity contribution < 1.29 is 28.6 Å². The van der Waals surface area contributed by atoms with Gasteiger partial charge in [-0.3, -0.25) is 4.79 Å². The van der Waals surface area contributed by atoms with Gasteiger partial charge in [-0.1, -0.05) is 25.1 Å². The third kappa shape index (κ3) is 2.70. The lowest BCUT2D eigenvalue weighted by molar-refractivity contribution is -0.147. The molecule has 0 spiro atoms. The van der Waals surface area contributed by atoms with Crippen molar-refractivity contribution in [1.29, 1.82) is 0 Å². The first-order valence-corrected chi connectivity index (χ1v) is 5.25. The Kier molecular flexibility index (Phi) is 4.49. The third-order valence-electron chi connectivity index (χ3n) is 2.51. The smallest absolute Gasteiger partial charge is 0.337 e. The second-order valence-corrected chi connectivity index (χ2v) is 3.63. The number of carboxylic acid groups (broad SMARTS) is 1. The Labute approximate surface area is 102 Å². The van der Waals surface area contributed by atoms with Crippen LogP contribution in [0.3, 0.4) is 0 Å². The second-order valence-electron chi connectivity index (χ2n) is 3.63. The van der Waals surface area contributed by atoms with Gasteiger partial charge in [-0.25, -0.2) is 13.6 Å². The summed E-state index contributed by atoms with van der Waals surface area (Å²) in [6.07, 6.45) is -5.08. The first-order valence-electron chi connectivity index (χ1n) is 5.25. The van der Waals surface area contributed by atoms with Crippen LogP contribution in [-0.4, -0.2) is 22.0 Å². The Morgan fingerprint density at radius 3 is 2.39 bits per heavy atom. The van der Waals surface area contributed by atoms with Crippen LogP contribution in [0.25, 0.3) is 0 Å². The fourth-order valence-electron chi connectivity index (χ4n) is 1.63. The molecule has 4 nitrogen and oxygen atoms in total. The van der Waals surface area contributed by atoms with Crippen LogP contribution in [0.5, 0.6) is 0 Å². The maximum atomic E-state index is 13.0. The van der Waals surface area contributed by atoms with Crippen molar-refractivity contribution in [2.24, 2.45) is 0 Å². The topological polar surface area (TPSA) is 74.6 Å². The van der Waals surface area contributed by atoms with E-state index in [4.69, 9.17) is 5.11 Å². The molecule has 0 amide bonds. The number of hydrogen-bond acceptors (Lipinski definition) is 3. The van der Waals surface area contributed by atoms with E-state index in [1.54, 1.807) is 0 Å². The van der Waals surface area contributed by atoms with Crippen LogP contribution in [0.4, 0.5) is 8.78 Å². The summed E-state index contributed by atoms with van der Waals surface area (Å²) < 4.78 is 25.9. The predicted molar refractivity (Wildman–Crippen MR) is 58.6 cm³/mol. The number of hydrogen-bond donors (Lipinski definition) is 2. The summed E-state index contributed by atoms with van der Waals surface area (Å²) in [6, 6.07) is 3.55. The molecule has 0 aliphatic carbocycles. The molecule has 0 saturated heterocycles. The molecule has 0 fully saturated rings. The molecule has 0 aromatic heterocycles. The van der Waals surface area contributed by atoms with E-state index in [1.165, 1.54) is 19.1 Å². The number of carboxylic acids is 1. The van der Waals surface area contributed by atoms with E-state index >= 15 is 0 Å². The molecule has 18 heavy (non-hydrogen) atoms. The Hall–Kier alpha value is -1.82. The minimum Gasteiger partial charge on any atom is -0.479 e. The van der Waals surface area contributed by atoms with Gasteiger partial charge < -0.3 is 10.2 Å². The number of alkyl halides is 2. The molecule has 0 saturated carbocycles. The number of Topliss-reactive ketones (excluding diaryl/α,β-unsaturated/α-hetero) is 1. The molecule has 1 rings (SSSR count). The molecule has 0 heterocycles. The zero-order valence-corrected chi connectivity index (χ0v) is 9.56. The van der Waals surface area contributed by atoms with Crippen molar-refractivity contribution in [2.75, 3.05) is 0 Å². The summed E-state index contributed by atoms with van der Waals surface area (Å²) in [5, 5.41) is 18.0. The average Bonchev–Trinajstić information content (AvgIpc) is 2.35. The van der Waals surface area contributed by atoms with Gasteiger partial charge in [0.15, 0.2) is 11.9 Å². The maximum absolute atomic E-state index is 13.0. The van der Waals surface area contributed by atoms with Crippen molar-refractivity contribution in [3.63, 3.8) is 0 Å². The summed E-state index contributed by atoms with van der Waals surface area (Å²) in [6.45, 7) is 1.51. The minimum atomic E-state index is -3.03. The minimum absolute atomic E-state index is 0.0202. The molecular formula is C12H12F2O4. The normalized spacial score (nSPS) is 12.5. The highest BCUT2D eigenvalue weighted by molar-refractivity contribution is 5.98. The molecule has 1 atom stereocenters. The van der Waals surface area contributed by atoms with E-state index in [0.717, 1.165) is 6.07 Å². The molecule has 2 N–H and O–H groups in total. The van der Waals surface area contributed by atoms with Gasteiger partial charge in [-0.05, 0) is 0 Å². The van der Waals surface area contributed by atoms with Crippen LogP contribution in [-0.2, 0) is 4.79 Å². The lowest BCUT2D eigenvalue weighted by Crippen LogP contribution is -2.15. The van der Waals surface area contributed by atoms with E-state index in [2.05, 4.69) is 0 Å². The number of ketones is 1. The Bertz CT molecular complexity index is 471. The highest BCUT2D eigenvalue weighted by Crippen LogP contribution is 2.31. The average molecular weight is 258 g/mol. The number of carbonyl (C=O) groups is 2. The monoisotopic (exact) mass is 258 g/mol. The summed E-state index contributed by atoms with van der Waals surface area (Å²) in [5.41, 5.74) is -1.40. The van der Waals surface area contributed by atoms with Gasteiger partial charge in [-0.15, -0.1) is 0 Å². The van der Waals surface area contributed by atoms with E-state index < -0.39 is 35.4 Å². The second kappa shape index (κ2) is 5.68. The number of carbonyl (C=O) groups excluding carboxylic acids is 1. The van der Waals surface area contributed by atoms with Gasteiger partial charge in [0.25, 0.3) is 6.43 Å². The van der Waals surface area contributed by atoms with Crippen LogP contribution in [0.1, 0.15) is 47.4 Å². The summed E-state index contributed by atoms with van der Waals surface area (Å²) in [5.74, 6) is -2.16. The van der Waals surface area contributed by atoms with Gasteiger partial charge in [0.05, 0.1) is 0 Å². The first-order chi connectivity index (χ1) is 8.40. The number of aliphatic carboxylic acids is 1. The van der Waals surface area contributed by atoms with Crippen LogP contribution in [0.15, 0.2) is 18.2 Å². The number of rotatable bonds is 5. The Morgan fingerprint density at radius 2 is 1.94 bits per heavy atom. The van der Waals surface area contributed by atoms with Crippen molar-refractivity contribution >= 4 is 11.8 Å². The van der Waals surface area contributed by atoms with Crippen LogP contribution >= 0.6 is 0 Å². The van der Waals surface area contributed by atoms with Gasteiger partial charge >= 0.3 is 5.97 Å². The molecule has 0 aliphatic rings. The number of aliphatic hydroxyl groups is 1. The van der Waals surface area contributed by atoms with Crippen molar-refractivity contribution in [3.05, 3.63) is 34.9 Å². The van der Waals surface area contributed by atoms with Crippen molar-refractivity contribution in [3.8, 4) is 0 Å². The van der Waals surface area contributed by atoms with Crippen molar-refractivity contribution in [1.82, 2.24) is 0 Å².